The molecule has 1 N–H and O–H groups in total. The zero-order chi connectivity index (χ0) is 23.7. The predicted molar refractivity (Wildman–Crippen MR) is 126 cm³/mol. The number of hydrogen-bond donors (Lipinski definition) is 1. The monoisotopic (exact) mass is 477 g/mol. The number of benzene rings is 3. The smallest absolute Gasteiger partial charge is 0.259 e. The zero-order valence-corrected chi connectivity index (χ0v) is 19.6. The number of halogens is 2. The maximum absolute atomic E-state index is 13.4. The quantitative estimate of drug-likeness (QED) is 0.457. The minimum atomic E-state index is -3.43. The highest BCUT2D eigenvalue weighted by Gasteiger charge is 2.21. The lowest BCUT2D eigenvalue weighted by atomic mass is 9.86. The van der Waals surface area contributed by atoms with Gasteiger partial charge in [-0.3, -0.25) is 4.79 Å². The van der Waals surface area contributed by atoms with Crippen molar-refractivity contribution >= 4 is 33.0 Å². The van der Waals surface area contributed by atoms with Crippen LogP contribution in [0.3, 0.4) is 0 Å². The molecular formula is C24H25ClFNO4S. The van der Waals surface area contributed by atoms with Crippen LogP contribution < -0.4 is 10.1 Å². The number of nitrogens with one attached hydrogen (secondary N) is 1. The van der Waals surface area contributed by atoms with Crippen LogP contribution in [0.1, 0.15) is 38.1 Å². The van der Waals surface area contributed by atoms with Gasteiger partial charge in [-0.1, -0.05) is 44.5 Å². The van der Waals surface area contributed by atoms with Gasteiger partial charge >= 0.3 is 0 Å². The Morgan fingerprint density at radius 2 is 1.75 bits per heavy atom. The van der Waals surface area contributed by atoms with Crippen molar-refractivity contribution < 1.29 is 23.8 Å². The third kappa shape index (κ3) is 5.66. The van der Waals surface area contributed by atoms with Crippen LogP contribution in [0.2, 0.25) is 5.02 Å². The fourth-order valence-electron chi connectivity index (χ4n) is 2.94. The maximum Gasteiger partial charge on any atom is 0.259 e. The first kappa shape index (κ1) is 23.8. The molecular weight excluding hydrogens is 453 g/mol. The fourth-order valence-corrected chi connectivity index (χ4v) is 3.81. The van der Waals surface area contributed by atoms with Crippen LogP contribution in [-0.4, -0.2) is 20.6 Å². The number of hydrogen-bond acceptors (Lipinski definition) is 4. The van der Waals surface area contributed by atoms with E-state index < -0.39 is 21.6 Å². The second kappa shape index (κ2) is 8.92. The van der Waals surface area contributed by atoms with Crippen LogP contribution in [-0.2, 0) is 15.3 Å². The first-order valence-corrected chi connectivity index (χ1v) is 12.0. The Morgan fingerprint density at radius 3 is 2.38 bits per heavy atom. The minimum Gasteiger partial charge on any atom is -0.455 e. The summed E-state index contributed by atoms with van der Waals surface area (Å²) in [5.41, 5.74) is 1.23. The zero-order valence-electron chi connectivity index (χ0n) is 18.1. The van der Waals surface area contributed by atoms with Crippen molar-refractivity contribution in [1.82, 2.24) is 0 Å². The lowest BCUT2D eigenvalue weighted by Gasteiger charge is -2.21. The summed E-state index contributed by atoms with van der Waals surface area (Å²) in [6.45, 7) is 6.06. The van der Waals surface area contributed by atoms with Gasteiger partial charge in [0.25, 0.3) is 5.91 Å². The van der Waals surface area contributed by atoms with Crippen LogP contribution in [0.5, 0.6) is 11.5 Å². The van der Waals surface area contributed by atoms with E-state index in [2.05, 4.69) is 5.32 Å². The summed E-state index contributed by atoms with van der Waals surface area (Å²) in [6, 6.07) is 14.9. The normalized spacial score (nSPS) is 11.8. The Balaban J connectivity index is 0.00000385. The Kier molecular flexibility index (Phi) is 6.62. The van der Waals surface area contributed by atoms with E-state index in [1.807, 2.05) is 26.8 Å². The molecule has 0 heterocycles. The first-order valence-electron chi connectivity index (χ1n) is 9.73. The number of anilines is 1. The van der Waals surface area contributed by atoms with Gasteiger partial charge in [-0.2, -0.15) is 0 Å². The van der Waals surface area contributed by atoms with Gasteiger partial charge in [-0.05, 0) is 59.5 Å². The maximum atomic E-state index is 13.4. The summed E-state index contributed by atoms with van der Waals surface area (Å²) in [7, 11) is -3.43. The number of carbonyl (C=O) groups excluding carboxylic acids is 1. The molecule has 3 aromatic carbocycles. The second-order valence-electron chi connectivity index (χ2n) is 8.39. The van der Waals surface area contributed by atoms with Gasteiger partial charge in [0.1, 0.15) is 17.3 Å². The van der Waals surface area contributed by atoms with Gasteiger partial charge in [-0.25, -0.2) is 12.8 Å². The van der Waals surface area contributed by atoms with Gasteiger partial charge in [-0.15, -0.1) is 0 Å². The van der Waals surface area contributed by atoms with Gasteiger partial charge < -0.3 is 10.1 Å². The van der Waals surface area contributed by atoms with Crippen LogP contribution >= 0.6 is 11.6 Å². The molecule has 3 aromatic rings. The van der Waals surface area contributed by atoms with Crippen molar-refractivity contribution in [1.29, 1.82) is 0 Å². The van der Waals surface area contributed by atoms with Crippen LogP contribution in [0.25, 0.3) is 0 Å². The van der Waals surface area contributed by atoms with E-state index in [0.717, 1.165) is 17.9 Å². The summed E-state index contributed by atoms with van der Waals surface area (Å²) in [4.78, 5) is 13.1. The molecule has 0 saturated carbocycles. The molecule has 32 heavy (non-hydrogen) atoms. The molecule has 0 aliphatic heterocycles. The van der Waals surface area contributed by atoms with Crippen molar-refractivity contribution in [3.63, 3.8) is 0 Å². The average molecular weight is 478 g/mol. The predicted octanol–water partition coefficient (Wildman–Crippen LogP) is 6.47. The molecule has 0 aromatic heterocycles. The highest BCUT2D eigenvalue weighted by Crippen LogP contribution is 2.35. The molecule has 0 fully saturated rings. The molecule has 1 amide bonds. The van der Waals surface area contributed by atoms with Crippen LogP contribution in [0, 0.1) is 5.82 Å². The third-order valence-corrected chi connectivity index (χ3v) is 6.13. The molecule has 0 atom stereocenters. The molecule has 170 valence electrons. The lowest BCUT2D eigenvalue weighted by Crippen LogP contribution is -2.16. The standard InChI is InChI=1S/C24H23ClFNO4S.H2/c1-24(2,3)15-8-10-19(22(12-15)31-21-11-9-16(26)13-20(21)25)23(28)27-17-6-5-7-18(14-17)32(4,29)30;/h5-14H,1-4H3,(H,27,28);1H. The summed E-state index contributed by atoms with van der Waals surface area (Å²) in [5, 5.41) is 2.77. The van der Waals surface area contributed by atoms with Crippen molar-refractivity contribution in [3.05, 3.63) is 82.6 Å². The SMILES string of the molecule is CC(C)(C)c1ccc(C(=O)Nc2cccc(S(C)(=O)=O)c2)c(Oc2ccc(F)cc2Cl)c1.[HH]. The van der Waals surface area contributed by atoms with E-state index in [-0.39, 0.29) is 33.8 Å². The van der Waals surface area contributed by atoms with Gasteiger partial charge in [0.2, 0.25) is 0 Å². The Hall–Kier alpha value is -2.90. The van der Waals surface area contributed by atoms with E-state index in [0.29, 0.717) is 5.69 Å². The largest absolute Gasteiger partial charge is 0.455 e. The van der Waals surface area contributed by atoms with Gasteiger partial charge in [0, 0.05) is 13.4 Å². The average Bonchev–Trinajstić information content (AvgIpc) is 2.69. The highest BCUT2D eigenvalue weighted by atomic mass is 35.5. The first-order chi connectivity index (χ1) is 14.8. The fraction of sp³-hybridized carbons (Fsp3) is 0.208. The summed E-state index contributed by atoms with van der Waals surface area (Å²) >= 11 is 6.11. The van der Waals surface area contributed by atoms with E-state index in [1.165, 1.54) is 24.3 Å². The summed E-state index contributed by atoms with van der Waals surface area (Å²) in [5.74, 6) is -0.561. The molecule has 3 rings (SSSR count). The molecule has 0 aliphatic carbocycles. The van der Waals surface area contributed by atoms with E-state index in [1.54, 1.807) is 24.3 Å². The van der Waals surface area contributed by atoms with Crippen molar-refractivity contribution in [2.24, 2.45) is 0 Å². The Labute approximate surface area is 193 Å². The topological polar surface area (TPSA) is 72.5 Å². The molecule has 0 radical (unpaired) electrons. The number of sulfone groups is 1. The minimum absolute atomic E-state index is 0. The van der Waals surface area contributed by atoms with Crippen LogP contribution in [0.4, 0.5) is 10.1 Å². The molecule has 0 saturated heterocycles. The van der Waals surface area contributed by atoms with E-state index in [4.69, 9.17) is 16.3 Å². The molecule has 0 spiro atoms. The number of ether oxygens (including phenoxy) is 1. The lowest BCUT2D eigenvalue weighted by molar-refractivity contribution is 0.102. The molecule has 8 heteroatoms. The number of carbonyl (C=O) groups is 1. The molecule has 5 nitrogen and oxygen atoms in total. The molecule has 0 aliphatic rings. The van der Waals surface area contributed by atoms with Gasteiger partial charge in [0.15, 0.2) is 9.84 Å². The van der Waals surface area contributed by atoms with E-state index >= 15 is 0 Å². The number of rotatable bonds is 5. The number of amides is 1. The summed E-state index contributed by atoms with van der Waals surface area (Å²) < 4.78 is 43.0. The highest BCUT2D eigenvalue weighted by molar-refractivity contribution is 7.90. The van der Waals surface area contributed by atoms with Crippen LogP contribution in [0.15, 0.2) is 65.6 Å². The van der Waals surface area contributed by atoms with Crippen molar-refractivity contribution in [3.8, 4) is 11.5 Å². The second-order valence-corrected chi connectivity index (χ2v) is 10.8. The van der Waals surface area contributed by atoms with Crippen molar-refractivity contribution in [2.75, 3.05) is 11.6 Å². The Morgan fingerprint density at radius 1 is 1.03 bits per heavy atom. The van der Waals surface area contributed by atoms with Gasteiger partial charge in [0.05, 0.1) is 15.5 Å². The molecule has 0 unspecified atom stereocenters. The Bertz CT molecular complexity index is 1290. The third-order valence-electron chi connectivity index (χ3n) is 4.73. The summed E-state index contributed by atoms with van der Waals surface area (Å²) in [6.07, 6.45) is 1.09. The van der Waals surface area contributed by atoms with Crippen molar-refractivity contribution in [2.45, 2.75) is 31.1 Å². The van der Waals surface area contributed by atoms with E-state index in [9.17, 15) is 17.6 Å². The molecule has 0 bridgehead atoms.